The van der Waals surface area contributed by atoms with Crippen LogP contribution in [0.2, 0.25) is 0 Å². The summed E-state index contributed by atoms with van der Waals surface area (Å²) in [6.45, 7) is 3.74. The molecule has 0 amide bonds. The normalized spacial score (nSPS) is 16.0. The average molecular weight is 308 g/mol. The Hall–Kier alpha value is -2.45. The number of hydrogen-bond acceptors (Lipinski definition) is 5. The van der Waals surface area contributed by atoms with Crippen LogP contribution in [-0.4, -0.2) is 34.6 Å². The summed E-state index contributed by atoms with van der Waals surface area (Å²) in [5, 5.41) is 8.97. The van der Waals surface area contributed by atoms with E-state index in [4.69, 9.17) is 10.00 Å². The molecule has 0 spiro atoms. The van der Waals surface area contributed by atoms with Crippen molar-refractivity contribution in [1.82, 2.24) is 14.9 Å². The maximum atomic E-state index is 8.97. The van der Waals surface area contributed by atoms with Gasteiger partial charge in [-0.3, -0.25) is 9.88 Å². The van der Waals surface area contributed by atoms with Crippen LogP contribution in [0.15, 0.2) is 42.9 Å². The molecule has 1 aliphatic heterocycles. The molecule has 5 heteroatoms. The number of piperidine rings is 1. The minimum atomic E-state index is 0.568. The topological polar surface area (TPSA) is 62.0 Å². The van der Waals surface area contributed by atoms with Gasteiger partial charge in [0.15, 0.2) is 0 Å². The monoisotopic (exact) mass is 308 g/mol. The molecule has 1 aromatic heterocycles. The molecule has 1 aromatic carbocycles. The maximum absolute atomic E-state index is 8.97. The summed E-state index contributed by atoms with van der Waals surface area (Å²) in [7, 11) is 0. The molecule has 1 fully saturated rings. The van der Waals surface area contributed by atoms with Crippen LogP contribution in [0.1, 0.15) is 24.0 Å². The first-order chi connectivity index (χ1) is 11.3. The van der Waals surface area contributed by atoms with Crippen molar-refractivity contribution in [3.05, 3.63) is 54.0 Å². The standard InChI is InChI=1S/C18H20N4O/c19-11-16-2-1-3-17(10-16)13-22-8-4-15(5-9-22)14-23-18-12-20-6-7-21-18/h1-3,6-7,10,12,15H,4-5,8-9,13-14H2. The number of rotatable bonds is 5. The zero-order chi connectivity index (χ0) is 15.9. The van der Waals surface area contributed by atoms with Crippen LogP contribution in [-0.2, 0) is 6.54 Å². The lowest BCUT2D eigenvalue weighted by Gasteiger charge is -2.31. The number of aromatic nitrogens is 2. The van der Waals surface area contributed by atoms with E-state index >= 15 is 0 Å². The molecule has 0 radical (unpaired) electrons. The highest BCUT2D eigenvalue weighted by atomic mass is 16.5. The van der Waals surface area contributed by atoms with Gasteiger partial charge in [-0.15, -0.1) is 0 Å². The molecule has 0 N–H and O–H groups in total. The van der Waals surface area contributed by atoms with E-state index in [9.17, 15) is 0 Å². The zero-order valence-electron chi connectivity index (χ0n) is 13.1. The number of likely N-dealkylation sites (tertiary alicyclic amines) is 1. The van der Waals surface area contributed by atoms with Crippen molar-refractivity contribution in [2.24, 2.45) is 5.92 Å². The van der Waals surface area contributed by atoms with Crippen molar-refractivity contribution in [1.29, 1.82) is 5.26 Å². The van der Waals surface area contributed by atoms with Gasteiger partial charge < -0.3 is 4.74 Å². The van der Waals surface area contributed by atoms with Gasteiger partial charge >= 0.3 is 0 Å². The Morgan fingerprint density at radius 3 is 2.87 bits per heavy atom. The number of nitriles is 1. The Bertz CT molecular complexity index is 660. The summed E-state index contributed by atoms with van der Waals surface area (Å²) < 4.78 is 5.70. The second-order valence-electron chi connectivity index (χ2n) is 5.89. The van der Waals surface area contributed by atoms with E-state index < -0.39 is 0 Å². The number of ether oxygens (including phenoxy) is 1. The zero-order valence-corrected chi connectivity index (χ0v) is 13.1. The fraction of sp³-hybridized carbons (Fsp3) is 0.389. The lowest BCUT2D eigenvalue weighted by Crippen LogP contribution is -2.35. The highest BCUT2D eigenvalue weighted by molar-refractivity contribution is 5.32. The van der Waals surface area contributed by atoms with Gasteiger partial charge in [0, 0.05) is 18.9 Å². The molecule has 23 heavy (non-hydrogen) atoms. The molecule has 3 rings (SSSR count). The fourth-order valence-corrected chi connectivity index (χ4v) is 2.87. The van der Waals surface area contributed by atoms with E-state index in [0.29, 0.717) is 18.4 Å². The van der Waals surface area contributed by atoms with E-state index in [0.717, 1.165) is 38.0 Å². The fourth-order valence-electron chi connectivity index (χ4n) is 2.87. The van der Waals surface area contributed by atoms with Gasteiger partial charge in [-0.25, -0.2) is 4.98 Å². The Balaban J connectivity index is 1.44. The number of hydrogen-bond donors (Lipinski definition) is 0. The molecule has 118 valence electrons. The van der Waals surface area contributed by atoms with Crippen LogP contribution in [0, 0.1) is 17.2 Å². The van der Waals surface area contributed by atoms with Gasteiger partial charge in [-0.05, 0) is 49.5 Å². The Morgan fingerprint density at radius 1 is 1.26 bits per heavy atom. The van der Waals surface area contributed by atoms with Crippen molar-refractivity contribution in [2.75, 3.05) is 19.7 Å². The summed E-state index contributed by atoms with van der Waals surface area (Å²) in [5.74, 6) is 1.17. The maximum Gasteiger partial charge on any atom is 0.232 e. The first kappa shape index (κ1) is 15.4. The minimum Gasteiger partial charge on any atom is -0.476 e. The Kier molecular flexibility index (Phi) is 5.17. The number of benzene rings is 1. The second-order valence-corrected chi connectivity index (χ2v) is 5.89. The first-order valence-corrected chi connectivity index (χ1v) is 7.93. The van der Waals surface area contributed by atoms with E-state index in [-0.39, 0.29) is 0 Å². The predicted octanol–water partition coefficient (Wildman–Crippen LogP) is 2.64. The molecule has 1 aliphatic rings. The van der Waals surface area contributed by atoms with Crippen molar-refractivity contribution >= 4 is 0 Å². The molecule has 0 bridgehead atoms. The van der Waals surface area contributed by atoms with Gasteiger partial charge in [0.25, 0.3) is 0 Å². The third-order valence-electron chi connectivity index (χ3n) is 4.18. The van der Waals surface area contributed by atoms with Crippen LogP contribution in [0.5, 0.6) is 5.88 Å². The van der Waals surface area contributed by atoms with Crippen molar-refractivity contribution in [3.63, 3.8) is 0 Å². The van der Waals surface area contributed by atoms with Crippen molar-refractivity contribution in [3.8, 4) is 11.9 Å². The summed E-state index contributed by atoms with van der Waals surface area (Å²) >= 11 is 0. The van der Waals surface area contributed by atoms with E-state index in [2.05, 4.69) is 27.0 Å². The highest BCUT2D eigenvalue weighted by Crippen LogP contribution is 2.20. The largest absolute Gasteiger partial charge is 0.476 e. The van der Waals surface area contributed by atoms with Crippen LogP contribution in [0.4, 0.5) is 0 Å². The lowest BCUT2D eigenvalue weighted by atomic mass is 9.97. The second kappa shape index (κ2) is 7.70. The van der Waals surface area contributed by atoms with Crippen LogP contribution < -0.4 is 4.74 Å². The molecule has 2 heterocycles. The third-order valence-corrected chi connectivity index (χ3v) is 4.18. The molecule has 1 saturated heterocycles. The summed E-state index contributed by atoms with van der Waals surface area (Å²) in [6.07, 6.45) is 7.19. The first-order valence-electron chi connectivity index (χ1n) is 7.93. The third kappa shape index (κ3) is 4.51. The van der Waals surface area contributed by atoms with Crippen LogP contribution in [0.25, 0.3) is 0 Å². The SMILES string of the molecule is N#Cc1cccc(CN2CCC(COc3cnccn3)CC2)c1. The summed E-state index contributed by atoms with van der Waals surface area (Å²) in [4.78, 5) is 10.6. The summed E-state index contributed by atoms with van der Waals surface area (Å²) in [5.41, 5.74) is 1.94. The Labute approximate surface area is 136 Å². The predicted molar refractivity (Wildman–Crippen MR) is 86.7 cm³/mol. The smallest absolute Gasteiger partial charge is 0.232 e. The van der Waals surface area contributed by atoms with E-state index in [1.54, 1.807) is 18.6 Å². The molecule has 5 nitrogen and oxygen atoms in total. The lowest BCUT2D eigenvalue weighted by molar-refractivity contribution is 0.134. The van der Waals surface area contributed by atoms with Gasteiger partial charge in [0.2, 0.25) is 5.88 Å². The molecule has 0 atom stereocenters. The van der Waals surface area contributed by atoms with Gasteiger partial charge in [0.05, 0.1) is 24.4 Å². The molecular formula is C18H20N4O. The van der Waals surface area contributed by atoms with E-state index in [1.807, 2.05) is 18.2 Å². The van der Waals surface area contributed by atoms with Gasteiger partial charge in [-0.2, -0.15) is 5.26 Å². The van der Waals surface area contributed by atoms with E-state index in [1.165, 1.54) is 5.56 Å². The summed E-state index contributed by atoms with van der Waals surface area (Å²) in [6, 6.07) is 10.1. The molecule has 0 saturated carbocycles. The van der Waals surface area contributed by atoms with Gasteiger partial charge in [-0.1, -0.05) is 12.1 Å². The van der Waals surface area contributed by atoms with Crippen LogP contribution in [0.3, 0.4) is 0 Å². The van der Waals surface area contributed by atoms with Gasteiger partial charge in [0.1, 0.15) is 0 Å². The number of nitrogens with zero attached hydrogens (tertiary/aromatic N) is 4. The molecule has 0 unspecified atom stereocenters. The quantitative estimate of drug-likeness (QED) is 0.849. The van der Waals surface area contributed by atoms with Crippen molar-refractivity contribution < 1.29 is 4.74 Å². The minimum absolute atomic E-state index is 0.568. The molecular weight excluding hydrogens is 288 g/mol. The molecule has 0 aliphatic carbocycles. The average Bonchev–Trinajstić information content (AvgIpc) is 2.62. The van der Waals surface area contributed by atoms with Crippen molar-refractivity contribution in [2.45, 2.75) is 19.4 Å². The molecule has 2 aromatic rings. The Morgan fingerprint density at radius 2 is 2.13 bits per heavy atom. The van der Waals surface area contributed by atoms with Crippen LogP contribution >= 0.6 is 0 Å². The highest BCUT2D eigenvalue weighted by Gasteiger charge is 2.20.